The van der Waals surface area contributed by atoms with E-state index in [4.69, 9.17) is 5.73 Å². The van der Waals surface area contributed by atoms with Crippen LogP contribution >= 0.6 is 0 Å². The topological polar surface area (TPSA) is 29.3 Å². The van der Waals surface area contributed by atoms with E-state index in [0.717, 1.165) is 0 Å². The van der Waals surface area contributed by atoms with Crippen molar-refractivity contribution >= 4 is 0 Å². The van der Waals surface area contributed by atoms with Gasteiger partial charge in [0.1, 0.15) is 0 Å². The molecule has 0 atom stereocenters. The second kappa shape index (κ2) is 2.96. The highest BCUT2D eigenvalue weighted by Crippen LogP contribution is 2.48. The van der Waals surface area contributed by atoms with Gasteiger partial charge < -0.3 is 10.6 Å². The Morgan fingerprint density at radius 2 is 1.77 bits per heavy atom. The molecule has 2 aliphatic rings. The molecule has 0 aromatic rings. The Hall–Kier alpha value is -0.0800. The summed E-state index contributed by atoms with van der Waals surface area (Å²) in [5, 5.41) is 0. The molecule has 0 aromatic heterocycles. The number of likely N-dealkylation sites (tertiary alicyclic amines) is 1. The third kappa shape index (κ3) is 1.75. The molecule has 1 heterocycles. The number of hydrogen-bond acceptors (Lipinski definition) is 2. The molecule has 2 fully saturated rings. The largest absolute Gasteiger partial charge is 0.325 e. The Bertz CT molecular complexity index is 188. The minimum Gasteiger partial charge on any atom is -0.325 e. The van der Waals surface area contributed by atoms with E-state index in [2.05, 4.69) is 18.7 Å². The average molecular weight is 182 g/mol. The van der Waals surface area contributed by atoms with Crippen molar-refractivity contribution in [1.82, 2.24) is 4.90 Å². The summed E-state index contributed by atoms with van der Waals surface area (Å²) in [6, 6.07) is 0. The van der Waals surface area contributed by atoms with E-state index >= 15 is 0 Å². The maximum absolute atomic E-state index is 6.28. The first-order valence-corrected chi connectivity index (χ1v) is 5.55. The molecule has 1 aliphatic heterocycles. The number of rotatable bonds is 3. The molecule has 0 bridgehead atoms. The van der Waals surface area contributed by atoms with Gasteiger partial charge in [-0.1, -0.05) is 13.8 Å². The van der Waals surface area contributed by atoms with E-state index in [0.29, 0.717) is 5.41 Å². The zero-order valence-corrected chi connectivity index (χ0v) is 8.97. The smallest absolute Gasteiger partial charge is 0.0219 e. The first-order valence-electron chi connectivity index (χ1n) is 5.55. The van der Waals surface area contributed by atoms with Crippen molar-refractivity contribution in [2.75, 3.05) is 19.6 Å². The van der Waals surface area contributed by atoms with Crippen LogP contribution in [0.4, 0.5) is 0 Å². The Kier molecular flexibility index (Phi) is 2.16. The Morgan fingerprint density at radius 1 is 1.23 bits per heavy atom. The lowest BCUT2D eigenvalue weighted by atomic mass is 9.82. The fourth-order valence-corrected chi connectivity index (χ4v) is 2.47. The highest BCUT2D eigenvalue weighted by molar-refractivity contribution is 5.09. The summed E-state index contributed by atoms with van der Waals surface area (Å²) in [5.41, 5.74) is 6.75. The van der Waals surface area contributed by atoms with Gasteiger partial charge in [-0.15, -0.1) is 0 Å². The van der Waals surface area contributed by atoms with E-state index in [9.17, 15) is 0 Å². The molecular weight excluding hydrogens is 160 g/mol. The van der Waals surface area contributed by atoms with Gasteiger partial charge in [0.05, 0.1) is 0 Å². The van der Waals surface area contributed by atoms with Crippen LogP contribution in [0.3, 0.4) is 0 Å². The molecule has 1 saturated heterocycles. The van der Waals surface area contributed by atoms with Crippen LogP contribution in [-0.4, -0.2) is 30.1 Å². The van der Waals surface area contributed by atoms with Crippen LogP contribution in [0.1, 0.15) is 39.5 Å². The van der Waals surface area contributed by atoms with E-state index < -0.39 is 0 Å². The molecule has 1 saturated carbocycles. The monoisotopic (exact) mass is 182 g/mol. The van der Waals surface area contributed by atoms with Crippen LogP contribution < -0.4 is 5.73 Å². The standard InChI is InChI=1S/C11H22N2/c1-10(2,11(12)5-6-11)9-13-7-3-4-8-13/h3-9,12H2,1-2H3. The van der Waals surface area contributed by atoms with E-state index in [-0.39, 0.29) is 5.54 Å². The molecular formula is C11H22N2. The van der Waals surface area contributed by atoms with Crippen LogP contribution in [0.5, 0.6) is 0 Å². The Labute approximate surface area is 81.5 Å². The molecule has 0 spiro atoms. The summed E-state index contributed by atoms with van der Waals surface area (Å²) in [6.45, 7) is 8.44. The first kappa shape index (κ1) is 9.47. The van der Waals surface area contributed by atoms with Gasteiger partial charge in [0.25, 0.3) is 0 Å². The molecule has 0 unspecified atom stereocenters. The zero-order chi connectivity index (χ0) is 9.53. The lowest BCUT2D eigenvalue weighted by Gasteiger charge is -2.35. The van der Waals surface area contributed by atoms with Gasteiger partial charge in [0.2, 0.25) is 0 Å². The summed E-state index contributed by atoms with van der Waals surface area (Å²) in [5.74, 6) is 0. The number of hydrogen-bond donors (Lipinski definition) is 1. The van der Waals surface area contributed by atoms with Crippen molar-refractivity contribution in [3.05, 3.63) is 0 Å². The van der Waals surface area contributed by atoms with Crippen LogP contribution in [0.25, 0.3) is 0 Å². The lowest BCUT2D eigenvalue weighted by molar-refractivity contribution is 0.165. The Balaban J connectivity index is 1.91. The van der Waals surface area contributed by atoms with Crippen LogP contribution in [0.2, 0.25) is 0 Å². The highest BCUT2D eigenvalue weighted by atomic mass is 15.2. The molecule has 2 heteroatoms. The van der Waals surface area contributed by atoms with Gasteiger partial charge in [-0.25, -0.2) is 0 Å². The summed E-state index contributed by atoms with van der Waals surface area (Å²) in [4.78, 5) is 2.58. The van der Waals surface area contributed by atoms with Crippen molar-refractivity contribution in [1.29, 1.82) is 0 Å². The van der Waals surface area contributed by atoms with Gasteiger partial charge >= 0.3 is 0 Å². The van der Waals surface area contributed by atoms with Gasteiger partial charge in [-0.2, -0.15) is 0 Å². The molecule has 0 aromatic carbocycles. The quantitative estimate of drug-likeness (QED) is 0.718. The molecule has 1 aliphatic carbocycles. The number of nitrogens with zero attached hydrogens (tertiary/aromatic N) is 1. The third-order valence-electron chi connectivity index (χ3n) is 3.95. The minimum absolute atomic E-state index is 0.162. The van der Waals surface area contributed by atoms with Crippen molar-refractivity contribution < 1.29 is 0 Å². The van der Waals surface area contributed by atoms with E-state index in [1.807, 2.05) is 0 Å². The highest BCUT2D eigenvalue weighted by Gasteiger charge is 2.51. The summed E-state index contributed by atoms with van der Waals surface area (Å²) >= 11 is 0. The number of nitrogens with two attached hydrogens (primary N) is 1. The fraction of sp³-hybridized carbons (Fsp3) is 1.00. The van der Waals surface area contributed by atoms with Crippen molar-refractivity contribution in [3.63, 3.8) is 0 Å². The SMILES string of the molecule is CC(C)(CN1CCCC1)C1(N)CC1. The summed E-state index contributed by atoms with van der Waals surface area (Å²) < 4.78 is 0. The molecule has 76 valence electrons. The molecule has 13 heavy (non-hydrogen) atoms. The van der Waals surface area contributed by atoms with Gasteiger partial charge in [-0.3, -0.25) is 0 Å². The molecule has 2 N–H and O–H groups in total. The second-order valence-electron chi connectivity index (χ2n) is 5.52. The predicted octanol–water partition coefficient (Wildman–Crippen LogP) is 1.60. The first-order chi connectivity index (χ1) is 6.04. The van der Waals surface area contributed by atoms with E-state index in [1.54, 1.807) is 0 Å². The normalized spacial score (nSPS) is 27.9. The zero-order valence-electron chi connectivity index (χ0n) is 8.97. The van der Waals surface area contributed by atoms with Crippen LogP contribution in [0, 0.1) is 5.41 Å². The Morgan fingerprint density at radius 3 is 2.23 bits per heavy atom. The molecule has 0 radical (unpaired) electrons. The van der Waals surface area contributed by atoms with Crippen molar-refractivity contribution in [2.24, 2.45) is 11.1 Å². The van der Waals surface area contributed by atoms with Crippen molar-refractivity contribution in [3.8, 4) is 0 Å². The molecule has 2 rings (SSSR count). The summed E-state index contributed by atoms with van der Waals surface area (Å²) in [6.07, 6.45) is 5.23. The summed E-state index contributed by atoms with van der Waals surface area (Å²) in [7, 11) is 0. The van der Waals surface area contributed by atoms with Crippen LogP contribution in [-0.2, 0) is 0 Å². The third-order valence-corrected chi connectivity index (χ3v) is 3.95. The molecule has 2 nitrogen and oxygen atoms in total. The maximum atomic E-state index is 6.28. The fourth-order valence-electron chi connectivity index (χ4n) is 2.47. The average Bonchev–Trinajstić information content (AvgIpc) is 2.63. The maximum Gasteiger partial charge on any atom is 0.0219 e. The van der Waals surface area contributed by atoms with Gasteiger partial charge in [0, 0.05) is 12.1 Å². The lowest BCUT2D eigenvalue weighted by Crippen LogP contribution is -2.47. The van der Waals surface area contributed by atoms with Gasteiger partial charge in [0.15, 0.2) is 0 Å². The van der Waals surface area contributed by atoms with Gasteiger partial charge in [-0.05, 0) is 44.2 Å². The van der Waals surface area contributed by atoms with Crippen LogP contribution in [0.15, 0.2) is 0 Å². The molecule has 0 amide bonds. The predicted molar refractivity (Wildman–Crippen MR) is 55.6 cm³/mol. The van der Waals surface area contributed by atoms with E-state index in [1.165, 1.54) is 45.3 Å². The van der Waals surface area contributed by atoms with Crippen molar-refractivity contribution in [2.45, 2.75) is 45.1 Å². The minimum atomic E-state index is 0.162. The second-order valence-corrected chi connectivity index (χ2v) is 5.52.